The van der Waals surface area contributed by atoms with Gasteiger partial charge in [0.2, 0.25) is 0 Å². The van der Waals surface area contributed by atoms with Crippen molar-refractivity contribution >= 4 is 17.8 Å². The first-order chi connectivity index (χ1) is 13.5. The Bertz CT molecular complexity index is 821. The van der Waals surface area contributed by atoms with Gasteiger partial charge in [0.25, 0.3) is 11.8 Å². The average Bonchev–Trinajstić information content (AvgIpc) is 2.93. The fourth-order valence-electron chi connectivity index (χ4n) is 3.56. The zero-order valence-corrected chi connectivity index (χ0v) is 15.8. The molecule has 2 aliphatic rings. The molecule has 2 amide bonds. The summed E-state index contributed by atoms with van der Waals surface area (Å²) in [5, 5.41) is 0. The number of rotatable bonds is 7. The Morgan fingerprint density at radius 3 is 2.29 bits per heavy atom. The minimum atomic E-state index is -0.540. The molecule has 28 heavy (non-hydrogen) atoms. The van der Waals surface area contributed by atoms with Crippen LogP contribution in [-0.4, -0.2) is 41.5 Å². The van der Waals surface area contributed by atoms with Gasteiger partial charge in [-0.3, -0.25) is 14.4 Å². The van der Waals surface area contributed by atoms with Gasteiger partial charge < -0.3 is 9.47 Å². The highest BCUT2D eigenvalue weighted by Crippen LogP contribution is 2.35. The quantitative estimate of drug-likeness (QED) is 0.412. The van der Waals surface area contributed by atoms with Crippen LogP contribution in [0.4, 0.5) is 0 Å². The third kappa shape index (κ3) is 3.68. The van der Waals surface area contributed by atoms with E-state index in [1.165, 1.54) is 11.8 Å². The van der Waals surface area contributed by atoms with Crippen LogP contribution in [0.1, 0.15) is 40.5 Å². The molecular weight excluding hydrogens is 358 g/mol. The van der Waals surface area contributed by atoms with Gasteiger partial charge in [0.1, 0.15) is 12.7 Å². The first kappa shape index (κ1) is 19.8. The second-order valence-corrected chi connectivity index (χ2v) is 6.76. The first-order valence-corrected chi connectivity index (χ1v) is 9.18. The predicted molar refractivity (Wildman–Crippen MR) is 103 cm³/mol. The van der Waals surface area contributed by atoms with Crippen LogP contribution in [-0.2, 0) is 14.3 Å². The standard InChI is InChI=1S/C22H23NO5/c1-4-8-15-12-18(19(9-5-2)28-20(15)13-27-14(3)24)23-21(25)16-10-6-7-11-17(16)22(23)26/h4-7,10-12,15,19-20H,1-2,8-9,13H2,3H3/t15-,19-,20-/m1/s1. The Morgan fingerprint density at radius 1 is 1.14 bits per heavy atom. The van der Waals surface area contributed by atoms with E-state index in [9.17, 15) is 14.4 Å². The zero-order valence-electron chi connectivity index (χ0n) is 15.8. The number of imide groups is 1. The Hall–Kier alpha value is -2.99. The molecule has 0 unspecified atom stereocenters. The topological polar surface area (TPSA) is 72.9 Å². The first-order valence-electron chi connectivity index (χ1n) is 9.18. The van der Waals surface area contributed by atoms with Gasteiger partial charge in [0.15, 0.2) is 0 Å². The van der Waals surface area contributed by atoms with Crippen molar-refractivity contribution in [3.05, 3.63) is 72.5 Å². The van der Waals surface area contributed by atoms with E-state index in [-0.39, 0.29) is 24.3 Å². The van der Waals surface area contributed by atoms with E-state index < -0.39 is 18.2 Å². The molecule has 6 heteroatoms. The molecule has 1 aromatic carbocycles. The van der Waals surface area contributed by atoms with Gasteiger partial charge in [-0.25, -0.2) is 4.90 Å². The summed E-state index contributed by atoms with van der Waals surface area (Å²) in [6.07, 6.45) is 5.31. The number of carbonyl (C=O) groups is 3. The van der Waals surface area contributed by atoms with E-state index in [4.69, 9.17) is 9.47 Å². The third-order valence-corrected chi connectivity index (χ3v) is 4.85. The van der Waals surface area contributed by atoms with Crippen LogP contribution in [0.5, 0.6) is 0 Å². The summed E-state index contributed by atoms with van der Waals surface area (Å²) in [6.45, 7) is 8.95. The van der Waals surface area contributed by atoms with Crippen LogP contribution >= 0.6 is 0 Å². The molecule has 0 aliphatic carbocycles. The summed E-state index contributed by atoms with van der Waals surface area (Å²) in [5.74, 6) is -1.30. The predicted octanol–water partition coefficient (Wildman–Crippen LogP) is 3.27. The molecule has 0 saturated carbocycles. The zero-order chi connectivity index (χ0) is 20.3. The SMILES string of the molecule is C=CC[C@H]1O[C@H](COC(C)=O)[C@H](CC=C)C=C1N1C(=O)c2ccccc2C1=O. The summed E-state index contributed by atoms with van der Waals surface area (Å²) < 4.78 is 11.3. The molecule has 0 saturated heterocycles. The second kappa shape index (κ2) is 8.35. The fourth-order valence-corrected chi connectivity index (χ4v) is 3.56. The van der Waals surface area contributed by atoms with E-state index in [0.29, 0.717) is 29.7 Å². The number of hydrogen-bond donors (Lipinski definition) is 0. The van der Waals surface area contributed by atoms with Gasteiger partial charge in [0, 0.05) is 12.8 Å². The highest BCUT2D eigenvalue weighted by atomic mass is 16.6. The minimum Gasteiger partial charge on any atom is -0.463 e. The Morgan fingerprint density at radius 2 is 1.75 bits per heavy atom. The van der Waals surface area contributed by atoms with Crippen molar-refractivity contribution in [1.29, 1.82) is 0 Å². The van der Waals surface area contributed by atoms with Crippen molar-refractivity contribution in [3.63, 3.8) is 0 Å². The molecule has 3 atom stereocenters. The number of amides is 2. The van der Waals surface area contributed by atoms with E-state index in [1.807, 2.05) is 6.08 Å². The number of nitrogens with zero attached hydrogens (tertiary/aromatic N) is 1. The molecule has 0 spiro atoms. The van der Waals surface area contributed by atoms with E-state index >= 15 is 0 Å². The lowest BCUT2D eigenvalue weighted by molar-refractivity contribution is -0.148. The summed E-state index contributed by atoms with van der Waals surface area (Å²) in [4.78, 5) is 38.2. The van der Waals surface area contributed by atoms with Gasteiger partial charge in [0.05, 0.1) is 22.9 Å². The van der Waals surface area contributed by atoms with Gasteiger partial charge in [-0.05, 0) is 25.0 Å². The number of carbonyl (C=O) groups excluding carboxylic acids is 3. The Labute approximate surface area is 164 Å². The van der Waals surface area contributed by atoms with Crippen molar-refractivity contribution in [2.24, 2.45) is 5.92 Å². The molecule has 146 valence electrons. The monoisotopic (exact) mass is 381 g/mol. The van der Waals surface area contributed by atoms with Crippen LogP contribution in [0, 0.1) is 5.92 Å². The lowest BCUT2D eigenvalue weighted by atomic mass is 9.92. The van der Waals surface area contributed by atoms with Crippen molar-refractivity contribution in [2.75, 3.05) is 6.61 Å². The van der Waals surface area contributed by atoms with Gasteiger partial charge in [-0.2, -0.15) is 0 Å². The summed E-state index contributed by atoms with van der Waals surface area (Å²) in [6, 6.07) is 6.76. The normalized spacial score (nSPS) is 23.8. The average molecular weight is 381 g/mol. The molecule has 0 aromatic heterocycles. The van der Waals surface area contributed by atoms with Crippen LogP contribution in [0.15, 0.2) is 61.3 Å². The summed E-state index contributed by atoms with van der Waals surface area (Å²) >= 11 is 0. The van der Waals surface area contributed by atoms with Gasteiger partial charge in [-0.15, -0.1) is 13.2 Å². The maximum atomic E-state index is 12.9. The molecule has 3 rings (SSSR count). The number of benzene rings is 1. The number of fused-ring (bicyclic) bond motifs is 1. The van der Waals surface area contributed by atoms with E-state index in [2.05, 4.69) is 13.2 Å². The summed E-state index contributed by atoms with van der Waals surface area (Å²) in [5.41, 5.74) is 1.26. The van der Waals surface area contributed by atoms with Gasteiger partial charge in [-0.1, -0.05) is 30.4 Å². The molecule has 2 aliphatic heterocycles. The van der Waals surface area contributed by atoms with E-state index in [0.717, 1.165) is 0 Å². The maximum Gasteiger partial charge on any atom is 0.302 e. The molecule has 6 nitrogen and oxygen atoms in total. The second-order valence-electron chi connectivity index (χ2n) is 6.76. The Balaban J connectivity index is 1.97. The van der Waals surface area contributed by atoms with Crippen molar-refractivity contribution < 1.29 is 23.9 Å². The minimum absolute atomic E-state index is 0.0907. The van der Waals surface area contributed by atoms with Gasteiger partial charge >= 0.3 is 5.97 Å². The molecule has 0 bridgehead atoms. The Kier molecular flexibility index (Phi) is 5.90. The fraction of sp³-hybridized carbons (Fsp3) is 0.318. The number of hydrogen-bond acceptors (Lipinski definition) is 5. The van der Waals surface area contributed by atoms with E-state index in [1.54, 1.807) is 36.4 Å². The lowest BCUT2D eigenvalue weighted by Gasteiger charge is -2.37. The molecular formula is C22H23NO5. The molecule has 1 aromatic rings. The molecule has 0 N–H and O–H groups in total. The maximum absolute atomic E-state index is 12.9. The number of allylic oxidation sites excluding steroid dienone is 1. The number of ether oxygens (including phenoxy) is 2. The van der Waals surface area contributed by atoms with Crippen LogP contribution in [0.3, 0.4) is 0 Å². The lowest BCUT2D eigenvalue weighted by Crippen LogP contribution is -2.44. The van der Waals surface area contributed by atoms with Crippen molar-refractivity contribution in [3.8, 4) is 0 Å². The van der Waals surface area contributed by atoms with Crippen molar-refractivity contribution in [2.45, 2.75) is 32.0 Å². The third-order valence-electron chi connectivity index (χ3n) is 4.85. The molecule has 2 heterocycles. The number of esters is 1. The van der Waals surface area contributed by atoms with Crippen LogP contribution < -0.4 is 0 Å². The smallest absolute Gasteiger partial charge is 0.302 e. The van der Waals surface area contributed by atoms with Crippen LogP contribution in [0.25, 0.3) is 0 Å². The molecule has 0 fully saturated rings. The van der Waals surface area contributed by atoms with Crippen molar-refractivity contribution in [1.82, 2.24) is 4.90 Å². The molecule has 0 radical (unpaired) electrons. The summed E-state index contributed by atoms with van der Waals surface area (Å²) in [7, 11) is 0. The largest absolute Gasteiger partial charge is 0.463 e. The highest BCUT2D eigenvalue weighted by Gasteiger charge is 2.43. The highest BCUT2D eigenvalue weighted by molar-refractivity contribution is 6.22. The van der Waals surface area contributed by atoms with Crippen LogP contribution in [0.2, 0.25) is 0 Å².